The molecule has 1 aliphatic rings. The monoisotopic (exact) mass is 437 g/mol. The van der Waals surface area contributed by atoms with Gasteiger partial charge in [0.2, 0.25) is 0 Å². The van der Waals surface area contributed by atoms with E-state index in [0.29, 0.717) is 18.7 Å². The van der Waals surface area contributed by atoms with Crippen LogP contribution in [0.25, 0.3) is 10.8 Å². The first-order valence-electron chi connectivity index (χ1n) is 10.5. The summed E-state index contributed by atoms with van der Waals surface area (Å²) >= 11 is 0. The topological polar surface area (TPSA) is 63.7 Å². The van der Waals surface area contributed by atoms with Crippen molar-refractivity contribution in [2.24, 2.45) is 0 Å². The van der Waals surface area contributed by atoms with Gasteiger partial charge in [0.15, 0.2) is 16.4 Å². The lowest BCUT2D eigenvalue weighted by Crippen LogP contribution is -2.43. The Morgan fingerprint density at radius 2 is 1.77 bits per heavy atom. The maximum Gasteiger partial charge on any atom is 0.261 e. The zero-order chi connectivity index (χ0) is 22.0. The van der Waals surface area contributed by atoms with Crippen LogP contribution in [0.15, 0.2) is 60.7 Å². The number of carbonyl (C=O) groups is 1. The van der Waals surface area contributed by atoms with E-state index in [1.54, 1.807) is 4.90 Å². The second-order valence-electron chi connectivity index (χ2n) is 8.20. The van der Waals surface area contributed by atoms with E-state index in [2.05, 4.69) is 0 Å². The molecular weight excluding hydrogens is 410 g/mol. The maximum atomic E-state index is 13.3. The van der Waals surface area contributed by atoms with Crippen LogP contribution in [0.4, 0.5) is 0 Å². The lowest BCUT2D eigenvalue weighted by molar-refractivity contribution is -0.136. The van der Waals surface area contributed by atoms with Crippen LogP contribution in [0, 0.1) is 13.8 Å². The molecule has 0 N–H and O–H groups in total. The summed E-state index contributed by atoms with van der Waals surface area (Å²) in [7, 11) is -3.12. The van der Waals surface area contributed by atoms with Crippen molar-refractivity contribution in [3.63, 3.8) is 0 Å². The van der Waals surface area contributed by atoms with Gasteiger partial charge >= 0.3 is 0 Å². The van der Waals surface area contributed by atoms with Gasteiger partial charge in [-0.2, -0.15) is 0 Å². The Morgan fingerprint density at radius 3 is 2.55 bits per heavy atom. The van der Waals surface area contributed by atoms with Gasteiger partial charge in [-0.3, -0.25) is 4.79 Å². The van der Waals surface area contributed by atoms with Gasteiger partial charge in [-0.25, -0.2) is 8.42 Å². The highest BCUT2D eigenvalue weighted by molar-refractivity contribution is 7.91. The number of sulfone groups is 1. The third kappa shape index (κ3) is 4.74. The Balaban J connectivity index is 1.59. The van der Waals surface area contributed by atoms with Crippen molar-refractivity contribution in [3.05, 3.63) is 77.4 Å². The molecule has 1 atom stereocenters. The van der Waals surface area contributed by atoms with E-state index in [1.165, 1.54) is 0 Å². The predicted molar refractivity (Wildman–Crippen MR) is 123 cm³/mol. The summed E-state index contributed by atoms with van der Waals surface area (Å²) in [6.45, 7) is 4.20. The smallest absolute Gasteiger partial charge is 0.261 e. The fraction of sp³-hybridized carbons (Fsp3) is 0.320. The van der Waals surface area contributed by atoms with Crippen LogP contribution in [0.5, 0.6) is 5.75 Å². The van der Waals surface area contributed by atoms with Gasteiger partial charge in [0.25, 0.3) is 5.91 Å². The number of carbonyl (C=O) groups excluding carboxylic acids is 1. The summed E-state index contributed by atoms with van der Waals surface area (Å²) in [4.78, 5) is 14.9. The minimum atomic E-state index is -3.12. The van der Waals surface area contributed by atoms with Gasteiger partial charge in [0.05, 0.1) is 11.5 Å². The minimum Gasteiger partial charge on any atom is -0.483 e. The molecule has 1 aliphatic heterocycles. The van der Waals surface area contributed by atoms with Crippen molar-refractivity contribution < 1.29 is 17.9 Å². The fourth-order valence-electron chi connectivity index (χ4n) is 4.16. The molecule has 3 aromatic rings. The van der Waals surface area contributed by atoms with Crippen molar-refractivity contribution in [2.75, 3.05) is 18.1 Å². The van der Waals surface area contributed by atoms with E-state index in [4.69, 9.17) is 4.74 Å². The largest absolute Gasteiger partial charge is 0.483 e. The van der Waals surface area contributed by atoms with Crippen molar-refractivity contribution in [1.82, 2.24) is 4.90 Å². The van der Waals surface area contributed by atoms with Gasteiger partial charge in [-0.05, 0) is 53.8 Å². The van der Waals surface area contributed by atoms with E-state index in [9.17, 15) is 13.2 Å². The maximum absolute atomic E-state index is 13.3. The number of benzene rings is 3. The third-order valence-corrected chi connectivity index (χ3v) is 7.85. The summed E-state index contributed by atoms with van der Waals surface area (Å²) in [5, 5.41) is 2.16. The van der Waals surface area contributed by atoms with Gasteiger partial charge in [-0.15, -0.1) is 0 Å². The molecule has 1 saturated heterocycles. The molecule has 5 nitrogen and oxygen atoms in total. The number of aryl methyl sites for hydroxylation is 1. The standard InChI is InChI=1S/C25H27NO4S/c1-18-7-5-12-24(19(18)2)30-16-25(27)26(22-13-14-31(28,29)17-22)15-21-10-6-9-20-8-3-4-11-23(20)21/h3-12,22H,13-17H2,1-2H3/t22-/m0/s1. The zero-order valence-corrected chi connectivity index (χ0v) is 18.7. The minimum absolute atomic E-state index is 0.00692. The molecule has 1 fully saturated rings. The van der Waals surface area contributed by atoms with E-state index in [1.807, 2.05) is 74.5 Å². The Kier molecular flexibility index (Phi) is 6.01. The number of nitrogens with zero attached hydrogens (tertiary/aromatic N) is 1. The van der Waals surface area contributed by atoms with Gasteiger partial charge in [0.1, 0.15) is 5.75 Å². The lowest BCUT2D eigenvalue weighted by Gasteiger charge is -2.29. The molecule has 3 aromatic carbocycles. The summed E-state index contributed by atoms with van der Waals surface area (Å²) in [6.07, 6.45) is 0.461. The van der Waals surface area contributed by atoms with Gasteiger partial charge in [-0.1, -0.05) is 54.6 Å². The van der Waals surface area contributed by atoms with Gasteiger partial charge < -0.3 is 9.64 Å². The fourth-order valence-corrected chi connectivity index (χ4v) is 5.89. The van der Waals surface area contributed by atoms with Crippen LogP contribution < -0.4 is 4.74 Å². The number of rotatable bonds is 6. The SMILES string of the molecule is Cc1cccc(OCC(=O)N(Cc2cccc3ccccc23)[C@H]2CCS(=O)(=O)C2)c1C. The molecule has 31 heavy (non-hydrogen) atoms. The summed E-state index contributed by atoms with van der Waals surface area (Å²) in [5.74, 6) is 0.607. The van der Waals surface area contributed by atoms with Crippen molar-refractivity contribution in [1.29, 1.82) is 0 Å². The van der Waals surface area contributed by atoms with Crippen LogP contribution in [0.2, 0.25) is 0 Å². The van der Waals surface area contributed by atoms with Crippen LogP contribution in [-0.2, 0) is 21.2 Å². The van der Waals surface area contributed by atoms with Crippen LogP contribution in [0.3, 0.4) is 0 Å². The highest BCUT2D eigenvalue weighted by Gasteiger charge is 2.35. The van der Waals surface area contributed by atoms with E-state index >= 15 is 0 Å². The molecule has 162 valence electrons. The molecule has 0 aromatic heterocycles. The molecular formula is C25H27NO4S. The number of hydrogen-bond donors (Lipinski definition) is 0. The Labute approximate surface area is 183 Å². The molecule has 0 unspecified atom stereocenters. The average Bonchev–Trinajstić information content (AvgIpc) is 3.12. The summed E-state index contributed by atoms with van der Waals surface area (Å²) in [5.41, 5.74) is 3.10. The van der Waals surface area contributed by atoms with E-state index < -0.39 is 9.84 Å². The average molecular weight is 438 g/mol. The third-order valence-electron chi connectivity index (χ3n) is 6.10. The van der Waals surface area contributed by atoms with Crippen molar-refractivity contribution >= 4 is 26.5 Å². The molecule has 1 amide bonds. The normalized spacial score (nSPS) is 17.5. The first kappa shape index (κ1) is 21.4. The molecule has 0 spiro atoms. The summed E-state index contributed by atoms with van der Waals surface area (Å²) in [6, 6.07) is 19.5. The van der Waals surface area contributed by atoms with Gasteiger partial charge in [0, 0.05) is 12.6 Å². The number of amides is 1. The molecule has 6 heteroatoms. The second kappa shape index (κ2) is 8.71. The van der Waals surface area contributed by atoms with Crippen molar-refractivity contribution in [3.8, 4) is 5.75 Å². The first-order valence-corrected chi connectivity index (χ1v) is 12.3. The van der Waals surface area contributed by atoms with E-state index in [0.717, 1.165) is 27.5 Å². The number of hydrogen-bond acceptors (Lipinski definition) is 4. The molecule has 0 bridgehead atoms. The highest BCUT2D eigenvalue weighted by atomic mass is 32.2. The predicted octanol–water partition coefficient (Wildman–Crippen LogP) is 4.05. The Hall–Kier alpha value is -2.86. The zero-order valence-electron chi connectivity index (χ0n) is 17.9. The van der Waals surface area contributed by atoms with E-state index in [-0.39, 0.29) is 30.1 Å². The molecule has 4 rings (SSSR count). The number of fused-ring (bicyclic) bond motifs is 1. The first-order chi connectivity index (χ1) is 14.8. The Bertz CT molecular complexity index is 1210. The quantitative estimate of drug-likeness (QED) is 0.584. The summed E-state index contributed by atoms with van der Waals surface area (Å²) < 4.78 is 30.1. The lowest BCUT2D eigenvalue weighted by atomic mass is 10.0. The molecule has 1 heterocycles. The van der Waals surface area contributed by atoms with Crippen LogP contribution in [-0.4, -0.2) is 43.4 Å². The van der Waals surface area contributed by atoms with Crippen LogP contribution in [0.1, 0.15) is 23.1 Å². The Morgan fingerprint density at radius 1 is 1.03 bits per heavy atom. The molecule has 0 radical (unpaired) electrons. The number of ether oxygens (including phenoxy) is 1. The second-order valence-corrected chi connectivity index (χ2v) is 10.4. The highest BCUT2D eigenvalue weighted by Crippen LogP contribution is 2.25. The van der Waals surface area contributed by atoms with Crippen LogP contribution >= 0.6 is 0 Å². The molecule has 0 saturated carbocycles. The van der Waals surface area contributed by atoms with Crippen molar-refractivity contribution in [2.45, 2.75) is 32.9 Å². The molecule has 0 aliphatic carbocycles.